The molecule has 0 aliphatic carbocycles. The van der Waals surface area contributed by atoms with Crippen LogP contribution in [0.5, 0.6) is 5.75 Å². The zero-order chi connectivity index (χ0) is 15.9. The molecule has 1 aliphatic heterocycles. The lowest BCUT2D eigenvalue weighted by Gasteiger charge is -2.28. The number of nitrogens with zero attached hydrogens (tertiary/aromatic N) is 1. The first kappa shape index (κ1) is 18.8. The monoisotopic (exact) mass is 347 g/mol. The predicted octanol–water partition coefficient (Wildman–Crippen LogP) is 4.00. The number of benzene rings is 2. The van der Waals surface area contributed by atoms with Crippen LogP contribution in [0.2, 0.25) is 0 Å². The second kappa shape index (κ2) is 9.67. The van der Waals surface area contributed by atoms with Gasteiger partial charge in [-0.15, -0.1) is 12.4 Å². The van der Waals surface area contributed by atoms with Crippen LogP contribution in [0.15, 0.2) is 54.6 Å². The van der Waals surface area contributed by atoms with Gasteiger partial charge in [0.05, 0.1) is 0 Å². The lowest BCUT2D eigenvalue weighted by molar-refractivity contribution is 0.0617. The summed E-state index contributed by atoms with van der Waals surface area (Å²) in [6.07, 6.45) is 3.38. The number of hydrogen-bond donors (Lipinski definition) is 1. The molecule has 1 aliphatic rings. The fourth-order valence-electron chi connectivity index (χ4n) is 3.06. The van der Waals surface area contributed by atoms with Crippen molar-refractivity contribution in [2.45, 2.75) is 25.4 Å². The molecule has 1 fully saturated rings. The Hall–Kier alpha value is -1.55. The van der Waals surface area contributed by atoms with Gasteiger partial charge in [0.2, 0.25) is 0 Å². The van der Waals surface area contributed by atoms with Gasteiger partial charge in [-0.05, 0) is 49.2 Å². The Bertz CT molecular complexity index is 582. The predicted molar refractivity (Wildman–Crippen MR) is 101 cm³/mol. The fourth-order valence-corrected chi connectivity index (χ4v) is 3.06. The molecule has 2 aromatic carbocycles. The molecule has 130 valence electrons. The number of β-amino-alcohol motifs (C(OH)–C–C–N with tert-alkyl or cyclic N) is 1. The molecular weight excluding hydrogens is 322 g/mol. The largest absolute Gasteiger partial charge is 0.491 e. The molecule has 1 atom stereocenters. The summed E-state index contributed by atoms with van der Waals surface area (Å²) in [4.78, 5) is 2.33. The third kappa shape index (κ3) is 5.52. The Kier molecular flexibility index (Phi) is 7.57. The van der Waals surface area contributed by atoms with Crippen molar-refractivity contribution in [2.24, 2.45) is 0 Å². The Morgan fingerprint density at radius 1 is 0.875 bits per heavy atom. The minimum atomic E-state index is -0.429. The summed E-state index contributed by atoms with van der Waals surface area (Å²) in [5.74, 6) is 0.808. The summed E-state index contributed by atoms with van der Waals surface area (Å²) in [6, 6.07) is 18.3. The van der Waals surface area contributed by atoms with Crippen LogP contribution in [0.25, 0.3) is 11.1 Å². The van der Waals surface area contributed by atoms with Crippen LogP contribution >= 0.6 is 12.4 Å². The third-order valence-electron chi connectivity index (χ3n) is 4.32. The summed E-state index contributed by atoms with van der Waals surface area (Å²) in [5, 5.41) is 10.1. The second-order valence-electron chi connectivity index (χ2n) is 6.22. The second-order valence-corrected chi connectivity index (χ2v) is 6.22. The molecule has 1 heterocycles. The molecular formula is C20H26ClNO2. The molecule has 0 bridgehead atoms. The number of piperidine rings is 1. The Labute approximate surface area is 150 Å². The average Bonchev–Trinajstić information content (AvgIpc) is 2.62. The maximum absolute atomic E-state index is 10.1. The molecule has 0 radical (unpaired) electrons. The zero-order valence-electron chi connectivity index (χ0n) is 13.9. The van der Waals surface area contributed by atoms with Crippen LogP contribution in [0, 0.1) is 0 Å². The first-order valence-corrected chi connectivity index (χ1v) is 8.50. The fraction of sp³-hybridized carbons (Fsp3) is 0.400. The van der Waals surface area contributed by atoms with Crippen molar-refractivity contribution < 1.29 is 9.84 Å². The van der Waals surface area contributed by atoms with E-state index in [1.54, 1.807) is 0 Å². The van der Waals surface area contributed by atoms with Gasteiger partial charge in [0.1, 0.15) is 18.5 Å². The van der Waals surface area contributed by atoms with Crippen LogP contribution < -0.4 is 4.74 Å². The molecule has 3 rings (SSSR count). The lowest BCUT2D eigenvalue weighted by atomic mass is 10.1. The van der Waals surface area contributed by atoms with Gasteiger partial charge in [-0.3, -0.25) is 0 Å². The van der Waals surface area contributed by atoms with Crippen LogP contribution in [0.4, 0.5) is 0 Å². The van der Waals surface area contributed by atoms with E-state index in [0.717, 1.165) is 18.8 Å². The number of hydrogen-bond acceptors (Lipinski definition) is 3. The minimum absolute atomic E-state index is 0. The highest BCUT2D eigenvalue weighted by atomic mass is 35.5. The summed E-state index contributed by atoms with van der Waals surface area (Å²) < 4.78 is 5.72. The van der Waals surface area contributed by atoms with Crippen LogP contribution in [-0.2, 0) is 0 Å². The van der Waals surface area contributed by atoms with Gasteiger partial charge in [-0.25, -0.2) is 0 Å². The van der Waals surface area contributed by atoms with Crippen molar-refractivity contribution in [3.05, 3.63) is 54.6 Å². The molecule has 3 nitrogen and oxygen atoms in total. The summed E-state index contributed by atoms with van der Waals surface area (Å²) in [7, 11) is 0. The van der Waals surface area contributed by atoms with Crippen molar-refractivity contribution in [3.8, 4) is 16.9 Å². The van der Waals surface area contributed by atoms with Gasteiger partial charge in [-0.2, -0.15) is 0 Å². The maximum atomic E-state index is 10.1. The minimum Gasteiger partial charge on any atom is -0.491 e. The number of rotatable bonds is 6. The van der Waals surface area contributed by atoms with E-state index < -0.39 is 6.10 Å². The van der Waals surface area contributed by atoms with Gasteiger partial charge in [0, 0.05) is 6.54 Å². The highest BCUT2D eigenvalue weighted by Gasteiger charge is 2.14. The lowest BCUT2D eigenvalue weighted by Crippen LogP contribution is -2.38. The summed E-state index contributed by atoms with van der Waals surface area (Å²) in [6.45, 7) is 3.26. The molecule has 1 N–H and O–H groups in total. The number of ether oxygens (including phenoxy) is 1. The Morgan fingerprint density at radius 3 is 2.17 bits per heavy atom. The van der Waals surface area contributed by atoms with E-state index in [2.05, 4.69) is 29.2 Å². The number of halogens is 1. The molecule has 1 unspecified atom stereocenters. The topological polar surface area (TPSA) is 32.7 Å². The number of likely N-dealkylation sites (tertiary alicyclic amines) is 1. The van der Waals surface area contributed by atoms with Gasteiger partial charge >= 0.3 is 0 Å². The van der Waals surface area contributed by atoms with Gasteiger partial charge in [-0.1, -0.05) is 48.9 Å². The van der Waals surface area contributed by atoms with Crippen LogP contribution in [0.1, 0.15) is 19.3 Å². The van der Waals surface area contributed by atoms with E-state index in [9.17, 15) is 5.11 Å². The standard InChI is InChI=1S/C20H25NO2.ClH/c22-19(15-21-13-5-2-6-14-21)16-23-20-11-9-18(10-12-20)17-7-3-1-4-8-17;/h1,3-4,7-12,19,22H,2,5-6,13-16H2;1H. The van der Waals surface area contributed by atoms with Crippen molar-refractivity contribution in [1.29, 1.82) is 0 Å². The van der Waals surface area contributed by atoms with Crippen LogP contribution in [0.3, 0.4) is 0 Å². The molecule has 24 heavy (non-hydrogen) atoms. The van der Waals surface area contributed by atoms with Gasteiger partial charge in [0.25, 0.3) is 0 Å². The first-order valence-electron chi connectivity index (χ1n) is 8.50. The highest BCUT2D eigenvalue weighted by Crippen LogP contribution is 2.22. The van der Waals surface area contributed by atoms with E-state index in [1.165, 1.54) is 30.4 Å². The van der Waals surface area contributed by atoms with E-state index in [-0.39, 0.29) is 12.4 Å². The molecule has 0 amide bonds. The van der Waals surface area contributed by atoms with Gasteiger partial charge in [0.15, 0.2) is 0 Å². The van der Waals surface area contributed by atoms with E-state index in [1.807, 2.05) is 30.3 Å². The zero-order valence-corrected chi connectivity index (χ0v) is 14.8. The Balaban J connectivity index is 0.00000208. The van der Waals surface area contributed by atoms with Crippen molar-refractivity contribution in [2.75, 3.05) is 26.2 Å². The summed E-state index contributed by atoms with van der Waals surface area (Å²) >= 11 is 0. The van der Waals surface area contributed by atoms with Crippen molar-refractivity contribution >= 4 is 12.4 Å². The summed E-state index contributed by atoms with van der Waals surface area (Å²) in [5.41, 5.74) is 2.37. The molecule has 0 spiro atoms. The quantitative estimate of drug-likeness (QED) is 0.857. The maximum Gasteiger partial charge on any atom is 0.119 e. The third-order valence-corrected chi connectivity index (χ3v) is 4.32. The SMILES string of the molecule is Cl.OC(COc1ccc(-c2ccccc2)cc1)CN1CCCCC1. The number of aliphatic hydroxyl groups is 1. The smallest absolute Gasteiger partial charge is 0.119 e. The Morgan fingerprint density at radius 2 is 1.50 bits per heavy atom. The van der Waals surface area contributed by atoms with Crippen LogP contribution in [-0.4, -0.2) is 42.4 Å². The van der Waals surface area contributed by atoms with Gasteiger partial charge < -0.3 is 14.7 Å². The molecule has 4 heteroatoms. The molecule has 2 aromatic rings. The van der Waals surface area contributed by atoms with E-state index in [0.29, 0.717) is 13.2 Å². The van der Waals surface area contributed by atoms with E-state index >= 15 is 0 Å². The van der Waals surface area contributed by atoms with E-state index in [4.69, 9.17) is 4.74 Å². The first-order chi connectivity index (χ1) is 11.3. The molecule has 1 saturated heterocycles. The molecule has 0 aromatic heterocycles. The highest BCUT2D eigenvalue weighted by molar-refractivity contribution is 5.85. The average molecular weight is 348 g/mol. The van der Waals surface area contributed by atoms with Crippen molar-refractivity contribution in [1.82, 2.24) is 4.90 Å². The number of aliphatic hydroxyl groups excluding tert-OH is 1. The normalized spacial score (nSPS) is 16.2. The molecule has 0 saturated carbocycles. The van der Waals surface area contributed by atoms with Crippen molar-refractivity contribution in [3.63, 3.8) is 0 Å².